The highest BCUT2D eigenvalue weighted by molar-refractivity contribution is 9.10. The lowest BCUT2D eigenvalue weighted by Gasteiger charge is -2.06. The first kappa shape index (κ1) is 20.4. The molecular weight excluding hydrogens is 463 g/mol. The molecule has 2 heterocycles. The summed E-state index contributed by atoms with van der Waals surface area (Å²) in [6.45, 7) is 1.63. The van der Waals surface area contributed by atoms with Crippen molar-refractivity contribution < 1.29 is 18.0 Å². The van der Waals surface area contributed by atoms with E-state index in [1.54, 1.807) is 25.3 Å². The predicted octanol–water partition coefficient (Wildman–Crippen LogP) is 4.57. The first-order valence-corrected chi connectivity index (χ1v) is 9.20. The Balaban J connectivity index is 1.65. The summed E-state index contributed by atoms with van der Waals surface area (Å²) in [5.41, 5.74) is 0.674. The molecule has 148 valence electrons. The van der Waals surface area contributed by atoms with Gasteiger partial charge >= 0.3 is 0 Å². The van der Waals surface area contributed by atoms with Crippen molar-refractivity contribution in [1.29, 1.82) is 0 Å². The average Bonchev–Trinajstić information content (AvgIpc) is 3.16. The van der Waals surface area contributed by atoms with E-state index in [9.17, 15) is 18.0 Å². The third-order valence-electron chi connectivity index (χ3n) is 3.91. The first-order valence-electron chi connectivity index (χ1n) is 8.02. The fraction of sp³-hybridized carbons (Fsp3) is 0.235. The highest BCUT2D eigenvalue weighted by atomic mass is 79.9. The molecule has 0 radical (unpaired) electrons. The molecule has 3 aromatic rings. The van der Waals surface area contributed by atoms with E-state index in [0.717, 1.165) is 0 Å². The molecule has 1 N–H and O–H groups in total. The van der Waals surface area contributed by atoms with Gasteiger partial charge in [0.1, 0.15) is 18.1 Å². The number of carbonyl (C=O) groups excluding carboxylic acids is 1. The summed E-state index contributed by atoms with van der Waals surface area (Å²) in [4.78, 5) is 12.2. The van der Waals surface area contributed by atoms with Crippen LogP contribution in [0.5, 0.6) is 0 Å². The molecule has 1 amide bonds. The van der Waals surface area contributed by atoms with Crippen molar-refractivity contribution in [1.82, 2.24) is 19.6 Å². The van der Waals surface area contributed by atoms with Gasteiger partial charge in [0.2, 0.25) is 5.91 Å². The normalized spacial score (nSPS) is 11.2. The van der Waals surface area contributed by atoms with Gasteiger partial charge in [-0.15, -0.1) is 0 Å². The Morgan fingerprint density at radius 1 is 1.32 bits per heavy atom. The number of carbonyl (C=O) groups is 1. The lowest BCUT2D eigenvalue weighted by atomic mass is 10.2. The molecule has 0 saturated carbocycles. The van der Waals surface area contributed by atoms with Gasteiger partial charge in [0.15, 0.2) is 5.82 Å². The second-order valence-electron chi connectivity index (χ2n) is 5.93. The number of rotatable bonds is 6. The number of nitrogens with one attached hydrogen (secondary N) is 1. The molecule has 0 aliphatic heterocycles. The number of hydrogen-bond donors (Lipinski definition) is 1. The molecule has 0 aliphatic carbocycles. The Hall–Kier alpha value is -2.33. The van der Waals surface area contributed by atoms with Crippen molar-refractivity contribution in [3.8, 4) is 0 Å². The van der Waals surface area contributed by atoms with E-state index in [1.165, 1.54) is 21.5 Å². The van der Waals surface area contributed by atoms with Crippen LogP contribution in [0, 0.1) is 12.7 Å². The zero-order valence-electron chi connectivity index (χ0n) is 14.5. The maximum absolute atomic E-state index is 13.1. The van der Waals surface area contributed by atoms with Gasteiger partial charge in [-0.3, -0.25) is 14.2 Å². The van der Waals surface area contributed by atoms with Crippen molar-refractivity contribution in [2.75, 3.05) is 5.32 Å². The summed E-state index contributed by atoms with van der Waals surface area (Å²) in [7, 11) is 0. The number of anilines is 1. The third kappa shape index (κ3) is 4.56. The maximum Gasteiger partial charge on any atom is 0.283 e. The number of benzene rings is 1. The van der Waals surface area contributed by atoms with Gasteiger partial charge in [-0.1, -0.05) is 17.7 Å². The van der Waals surface area contributed by atoms with Crippen LogP contribution < -0.4 is 5.32 Å². The Morgan fingerprint density at radius 2 is 2.07 bits per heavy atom. The summed E-state index contributed by atoms with van der Waals surface area (Å²) >= 11 is 9.05. The number of amides is 1. The number of nitrogens with zero attached hydrogens (tertiary/aromatic N) is 4. The van der Waals surface area contributed by atoms with Gasteiger partial charge in [-0.2, -0.15) is 10.2 Å². The summed E-state index contributed by atoms with van der Waals surface area (Å²) < 4.78 is 41.8. The molecule has 0 spiro atoms. The molecule has 0 saturated heterocycles. The quantitative estimate of drug-likeness (QED) is 0.567. The van der Waals surface area contributed by atoms with E-state index in [1.807, 2.05) is 0 Å². The lowest BCUT2D eigenvalue weighted by molar-refractivity contribution is -0.117. The van der Waals surface area contributed by atoms with E-state index < -0.39 is 23.8 Å². The number of hydrogen-bond acceptors (Lipinski definition) is 3. The highest BCUT2D eigenvalue weighted by Crippen LogP contribution is 2.29. The van der Waals surface area contributed by atoms with E-state index in [4.69, 9.17) is 11.6 Å². The van der Waals surface area contributed by atoms with Crippen LogP contribution in [0.15, 0.2) is 34.9 Å². The van der Waals surface area contributed by atoms with Crippen LogP contribution in [-0.4, -0.2) is 25.5 Å². The number of halogens is 5. The second kappa shape index (κ2) is 8.36. The van der Waals surface area contributed by atoms with E-state index in [0.29, 0.717) is 11.3 Å². The van der Waals surface area contributed by atoms with Crippen molar-refractivity contribution >= 4 is 39.3 Å². The molecule has 0 unspecified atom stereocenters. The van der Waals surface area contributed by atoms with Crippen LogP contribution in [0.1, 0.15) is 23.4 Å². The Bertz CT molecular complexity index is 1020. The van der Waals surface area contributed by atoms with Gasteiger partial charge in [-0.05, 0) is 40.5 Å². The van der Waals surface area contributed by atoms with Gasteiger partial charge in [-0.25, -0.2) is 13.2 Å². The molecule has 2 aromatic heterocycles. The Kier molecular flexibility index (Phi) is 6.09. The van der Waals surface area contributed by atoms with Gasteiger partial charge < -0.3 is 5.32 Å². The minimum atomic E-state index is -2.74. The predicted molar refractivity (Wildman–Crippen MR) is 101 cm³/mol. The zero-order valence-corrected chi connectivity index (χ0v) is 16.8. The van der Waals surface area contributed by atoms with Crippen LogP contribution in [0.25, 0.3) is 0 Å². The van der Waals surface area contributed by atoms with Crippen LogP contribution in [-0.2, 0) is 17.9 Å². The van der Waals surface area contributed by atoms with Crippen molar-refractivity contribution in [2.24, 2.45) is 0 Å². The summed E-state index contributed by atoms with van der Waals surface area (Å²) in [5, 5.41) is 10.8. The van der Waals surface area contributed by atoms with Gasteiger partial charge in [0.25, 0.3) is 6.43 Å². The molecule has 0 bridgehead atoms. The molecule has 1 aromatic carbocycles. The number of alkyl halides is 2. The summed E-state index contributed by atoms with van der Waals surface area (Å²) in [5.74, 6) is -0.622. The van der Waals surface area contributed by atoms with Gasteiger partial charge in [0.05, 0.1) is 16.7 Å². The minimum absolute atomic E-state index is 0.177. The smallest absolute Gasteiger partial charge is 0.283 e. The van der Waals surface area contributed by atoms with Crippen molar-refractivity contribution in [3.63, 3.8) is 0 Å². The van der Waals surface area contributed by atoms with Crippen LogP contribution in [0.3, 0.4) is 0 Å². The summed E-state index contributed by atoms with van der Waals surface area (Å²) in [6.07, 6.45) is -1.12. The average molecular weight is 477 g/mol. The lowest BCUT2D eigenvalue weighted by Crippen LogP contribution is -2.20. The van der Waals surface area contributed by atoms with Gasteiger partial charge in [0, 0.05) is 17.3 Å². The highest BCUT2D eigenvalue weighted by Gasteiger charge is 2.21. The molecule has 3 rings (SSSR count). The molecular formula is C17H14BrClF3N5O. The SMILES string of the molecule is Cc1c(Br)c(C(F)F)nn1CC(=O)Nc1ccn(Cc2ccc(F)cc2Cl)n1. The standard InChI is InChI=1S/C17H14BrClF3N5O/c1-9-15(18)16(17(21)22)25-27(9)8-14(28)23-13-4-5-26(24-13)7-10-2-3-11(20)6-12(10)19/h2-6,17H,7-8H2,1H3,(H,23,24,28). The van der Waals surface area contributed by atoms with Crippen LogP contribution in [0.2, 0.25) is 5.02 Å². The Labute approximate surface area is 171 Å². The largest absolute Gasteiger partial charge is 0.308 e. The fourth-order valence-corrected chi connectivity index (χ4v) is 3.18. The van der Waals surface area contributed by atoms with E-state index in [-0.39, 0.29) is 28.4 Å². The molecule has 0 aliphatic rings. The minimum Gasteiger partial charge on any atom is -0.308 e. The number of aromatic nitrogens is 4. The third-order valence-corrected chi connectivity index (χ3v) is 5.25. The summed E-state index contributed by atoms with van der Waals surface area (Å²) in [6, 6.07) is 5.63. The molecule has 11 heteroatoms. The second-order valence-corrected chi connectivity index (χ2v) is 7.13. The molecule has 6 nitrogen and oxygen atoms in total. The van der Waals surface area contributed by atoms with E-state index >= 15 is 0 Å². The fourth-order valence-electron chi connectivity index (χ4n) is 2.50. The molecule has 28 heavy (non-hydrogen) atoms. The van der Waals surface area contributed by atoms with Crippen molar-refractivity contribution in [3.05, 3.63) is 62.7 Å². The van der Waals surface area contributed by atoms with Crippen LogP contribution in [0.4, 0.5) is 19.0 Å². The van der Waals surface area contributed by atoms with E-state index in [2.05, 4.69) is 31.4 Å². The molecule has 0 atom stereocenters. The monoisotopic (exact) mass is 475 g/mol. The topological polar surface area (TPSA) is 64.7 Å². The zero-order chi connectivity index (χ0) is 20.4. The maximum atomic E-state index is 13.1. The Morgan fingerprint density at radius 3 is 2.71 bits per heavy atom. The van der Waals surface area contributed by atoms with Crippen LogP contribution >= 0.6 is 27.5 Å². The first-order chi connectivity index (χ1) is 13.2. The van der Waals surface area contributed by atoms with Crippen molar-refractivity contribution in [2.45, 2.75) is 26.4 Å². The molecule has 0 fully saturated rings.